The Balaban J connectivity index is 1.50. The molecule has 1 fully saturated rings. The second-order valence-electron chi connectivity index (χ2n) is 7.15. The van der Waals surface area contributed by atoms with Gasteiger partial charge in [-0.05, 0) is 44.0 Å². The van der Waals surface area contributed by atoms with Crippen LogP contribution in [0.2, 0.25) is 0 Å². The molecule has 0 saturated carbocycles. The van der Waals surface area contributed by atoms with Crippen LogP contribution in [0, 0.1) is 6.92 Å². The van der Waals surface area contributed by atoms with Crippen LogP contribution in [-0.4, -0.2) is 41.1 Å². The van der Waals surface area contributed by atoms with E-state index in [0.717, 1.165) is 30.5 Å². The molecule has 0 bridgehead atoms. The Morgan fingerprint density at radius 2 is 2.07 bits per heavy atom. The van der Waals surface area contributed by atoms with Gasteiger partial charge in [0, 0.05) is 24.2 Å². The second-order valence-corrected chi connectivity index (χ2v) is 7.15. The van der Waals surface area contributed by atoms with Crippen molar-refractivity contribution in [3.8, 4) is 17.1 Å². The maximum Gasteiger partial charge on any atom is 0.254 e. The Morgan fingerprint density at radius 1 is 1.21 bits per heavy atom. The van der Waals surface area contributed by atoms with E-state index in [1.807, 2.05) is 54.3 Å². The molecule has 0 aliphatic carbocycles. The second kappa shape index (κ2) is 7.84. The fourth-order valence-corrected chi connectivity index (χ4v) is 3.60. The van der Waals surface area contributed by atoms with Gasteiger partial charge < -0.3 is 14.2 Å². The Labute approximate surface area is 164 Å². The van der Waals surface area contributed by atoms with Crippen LogP contribution >= 0.6 is 0 Å². The summed E-state index contributed by atoms with van der Waals surface area (Å²) in [4.78, 5) is 19.4. The highest BCUT2D eigenvalue weighted by Gasteiger charge is 2.29. The first kappa shape index (κ1) is 18.2. The number of ether oxygens (including phenoxy) is 1. The molecule has 1 saturated heterocycles. The van der Waals surface area contributed by atoms with Crippen molar-refractivity contribution in [1.29, 1.82) is 0 Å². The number of hydrogen-bond donors (Lipinski definition) is 0. The zero-order valence-electron chi connectivity index (χ0n) is 16.1. The number of aryl methyl sites for hydroxylation is 1. The first-order valence-electron chi connectivity index (χ1n) is 9.48. The van der Waals surface area contributed by atoms with E-state index in [1.165, 1.54) is 0 Å². The predicted molar refractivity (Wildman–Crippen MR) is 105 cm³/mol. The fourth-order valence-electron chi connectivity index (χ4n) is 3.60. The molecule has 4 rings (SSSR count). The molecular formula is C22H23N3O3. The lowest BCUT2D eigenvalue weighted by atomic mass is 9.97. The number of carbonyl (C=O) groups is 1. The number of aromatic nitrogens is 2. The van der Waals surface area contributed by atoms with Gasteiger partial charge in [-0.15, -0.1) is 0 Å². The van der Waals surface area contributed by atoms with Gasteiger partial charge >= 0.3 is 0 Å². The van der Waals surface area contributed by atoms with Crippen LogP contribution in [0.1, 0.15) is 40.6 Å². The van der Waals surface area contributed by atoms with Gasteiger partial charge in [-0.1, -0.05) is 35.0 Å². The molecule has 0 spiro atoms. The summed E-state index contributed by atoms with van der Waals surface area (Å²) >= 11 is 0. The normalized spacial score (nSPS) is 16.8. The molecule has 1 aliphatic rings. The standard InChI is InChI=1S/C22H23N3O3/c1-15-6-3-7-16(12-15)20-23-21(28-24-20)18-9-5-11-25(14-18)22(26)17-8-4-10-19(13-17)27-2/h3-4,6-8,10,12-13,18H,5,9,11,14H2,1-2H3. The van der Waals surface area contributed by atoms with E-state index in [1.54, 1.807) is 13.2 Å². The summed E-state index contributed by atoms with van der Waals surface area (Å²) in [5.41, 5.74) is 2.72. The molecule has 28 heavy (non-hydrogen) atoms. The maximum absolute atomic E-state index is 12.9. The minimum absolute atomic E-state index is 0.00187. The summed E-state index contributed by atoms with van der Waals surface area (Å²) in [7, 11) is 1.60. The maximum atomic E-state index is 12.9. The van der Waals surface area contributed by atoms with Crippen molar-refractivity contribution in [2.24, 2.45) is 0 Å². The number of carbonyl (C=O) groups excluding carboxylic acids is 1. The van der Waals surface area contributed by atoms with Crippen molar-refractivity contribution in [3.63, 3.8) is 0 Å². The Morgan fingerprint density at radius 3 is 2.89 bits per heavy atom. The average Bonchev–Trinajstić information content (AvgIpc) is 3.24. The summed E-state index contributed by atoms with van der Waals surface area (Å²) in [6.07, 6.45) is 1.83. The van der Waals surface area contributed by atoms with Crippen molar-refractivity contribution >= 4 is 5.91 Å². The third-order valence-electron chi connectivity index (χ3n) is 5.09. The van der Waals surface area contributed by atoms with E-state index in [2.05, 4.69) is 10.1 Å². The van der Waals surface area contributed by atoms with Gasteiger partial charge in [0.1, 0.15) is 5.75 Å². The summed E-state index contributed by atoms with van der Waals surface area (Å²) in [6.45, 7) is 3.34. The van der Waals surface area contributed by atoms with Gasteiger partial charge in [0.05, 0.1) is 13.0 Å². The minimum Gasteiger partial charge on any atom is -0.497 e. The van der Waals surface area contributed by atoms with Crippen molar-refractivity contribution in [3.05, 3.63) is 65.5 Å². The van der Waals surface area contributed by atoms with Crippen molar-refractivity contribution in [1.82, 2.24) is 15.0 Å². The number of likely N-dealkylation sites (tertiary alicyclic amines) is 1. The van der Waals surface area contributed by atoms with Gasteiger partial charge in [-0.25, -0.2) is 0 Å². The number of methoxy groups -OCH3 is 1. The average molecular weight is 377 g/mol. The van der Waals surface area contributed by atoms with Crippen molar-refractivity contribution in [2.75, 3.05) is 20.2 Å². The number of piperidine rings is 1. The number of rotatable bonds is 4. The lowest BCUT2D eigenvalue weighted by Gasteiger charge is -2.31. The van der Waals surface area contributed by atoms with Gasteiger partial charge in [0.25, 0.3) is 5.91 Å². The van der Waals surface area contributed by atoms with Crippen molar-refractivity contribution in [2.45, 2.75) is 25.7 Å². The number of benzene rings is 2. The third-order valence-corrected chi connectivity index (χ3v) is 5.09. The predicted octanol–water partition coefficient (Wildman–Crippen LogP) is 4.07. The lowest BCUT2D eigenvalue weighted by Crippen LogP contribution is -2.39. The van der Waals surface area contributed by atoms with Crippen LogP contribution in [0.15, 0.2) is 53.1 Å². The Bertz CT molecular complexity index is 982. The van der Waals surface area contributed by atoms with Gasteiger partial charge in [0.2, 0.25) is 11.7 Å². The first-order chi connectivity index (χ1) is 13.6. The topological polar surface area (TPSA) is 68.5 Å². The SMILES string of the molecule is COc1cccc(C(=O)N2CCCC(c3nc(-c4cccc(C)c4)no3)C2)c1. The van der Waals surface area contributed by atoms with E-state index in [-0.39, 0.29) is 11.8 Å². The Kier molecular flexibility index (Phi) is 5.10. The molecule has 0 N–H and O–H groups in total. The molecule has 6 heteroatoms. The van der Waals surface area contributed by atoms with Crippen LogP contribution in [-0.2, 0) is 0 Å². The monoisotopic (exact) mass is 377 g/mol. The summed E-state index contributed by atoms with van der Waals surface area (Å²) in [6, 6.07) is 15.3. The molecule has 144 valence electrons. The number of hydrogen-bond acceptors (Lipinski definition) is 5. The number of amides is 1. The third kappa shape index (κ3) is 3.76. The molecule has 1 unspecified atom stereocenters. The van der Waals surface area contributed by atoms with Crippen LogP contribution in [0.4, 0.5) is 0 Å². The Hall–Kier alpha value is -3.15. The van der Waals surface area contributed by atoms with Crippen LogP contribution < -0.4 is 4.74 Å². The first-order valence-corrected chi connectivity index (χ1v) is 9.48. The summed E-state index contributed by atoms with van der Waals surface area (Å²) in [5.74, 6) is 1.92. The van der Waals surface area contributed by atoms with E-state index >= 15 is 0 Å². The molecular weight excluding hydrogens is 354 g/mol. The number of nitrogens with zero attached hydrogens (tertiary/aromatic N) is 3. The molecule has 1 atom stereocenters. The smallest absolute Gasteiger partial charge is 0.254 e. The molecule has 0 radical (unpaired) electrons. The van der Waals surface area contributed by atoms with Crippen LogP contribution in [0.25, 0.3) is 11.4 Å². The quantitative estimate of drug-likeness (QED) is 0.685. The van der Waals surface area contributed by atoms with E-state index < -0.39 is 0 Å². The molecule has 2 heterocycles. The molecule has 6 nitrogen and oxygen atoms in total. The molecule has 2 aromatic carbocycles. The van der Waals surface area contributed by atoms with Gasteiger partial charge in [0.15, 0.2) is 0 Å². The van der Waals surface area contributed by atoms with E-state index in [4.69, 9.17) is 9.26 Å². The van der Waals surface area contributed by atoms with E-state index in [9.17, 15) is 4.79 Å². The molecule has 1 aromatic heterocycles. The van der Waals surface area contributed by atoms with Crippen LogP contribution in [0.3, 0.4) is 0 Å². The van der Waals surface area contributed by atoms with Crippen LogP contribution in [0.5, 0.6) is 5.75 Å². The highest BCUT2D eigenvalue weighted by molar-refractivity contribution is 5.94. The summed E-state index contributed by atoms with van der Waals surface area (Å²) in [5, 5.41) is 4.15. The molecule has 1 aliphatic heterocycles. The largest absolute Gasteiger partial charge is 0.497 e. The zero-order chi connectivity index (χ0) is 19.5. The highest BCUT2D eigenvalue weighted by Crippen LogP contribution is 2.29. The molecule has 3 aromatic rings. The highest BCUT2D eigenvalue weighted by atomic mass is 16.5. The fraction of sp³-hybridized carbons (Fsp3) is 0.318. The van der Waals surface area contributed by atoms with E-state index in [0.29, 0.717) is 29.6 Å². The van der Waals surface area contributed by atoms with Crippen molar-refractivity contribution < 1.29 is 14.1 Å². The minimum atomic E-state index is 0.00187. The summed E-state index contributed by atoms with van der Waals surface area (Å²) < 4.78 is 10.8. The van der Waals surface area contributed by atoms with Gasteiger partial charge in [-0.3, -0.25) is 4.79 Å². The van der Waals surface area contributed by atoms with Gasteiger partial charge in [-0.2, -0.15) is 4.98 Å². The molecule has 1 amide bonds. The zero-order valence-corrected chi connectivity index (χ0v) is 16.1. The lowest BCUT2D eigenvalue weighted by molar-refractivity contribution is 0.0695.